The summed E-state index contributed by atoms with van der Waals surface area (Å²) in [6, 6.07) is 14.1. The summed E-state index contributed by atoms with van der Waals surface area (Å²) in [5, 5.41) is 0.737. The first-order chi connectivity index (χ1) is 14.0. The number of nitrogens with zero attached hydrogens (tertiary/aromatic N) is 3. The highest BCUT2D eigenvalue weighted by Gasteiger charge is 2.30. The van der Waals surface area contributed by atoms with Crippen molar-refractivity contribution in [2.75, 3.05) is 11.4 Å². The molecule has 4 rings (SSSR count). The van der Waals surface area contributed by atoms with Crippen molar-refractivity contribution in [3.05, 3.63) is 81.3 Å². The maximum atomic E-state index is 12.6. The number of benzene rings is 2. The van der Waals surface area contributed by atoms with Crippen LogP contribution in [0.15, 0.2) is 59.5 Å². The molecule has 1 aliphatic heterocycles. The Morgan fingerprint density at radius 1 is 1.26 bits per heavy atom. The van der Waals surface area contributed by atoms with E-state index in [-0.39, 0.29) is 36.8 Å². The molecule has 1 N–H and O–H groups in total. The monoisotopic (exact) mass is 544 g/mol. The Morgan fingerprint density at radius 3 is 2.71 bits per heavy atom. The van der Waals surface area contributed by atoms with E-state index in [1.807, 2.05) is 41.4 Å². The molecule has 0 saturated carbocycles. The molecule has 1 atom stereocenters. The number of hydrogen-bond acceptors (Lipinski definition) is 3. The minimum Gasteiger partial charge on any atom is -0.363 e. The zero-order valence-corrected chi connectivity index (χ0v) is 20.9. The molecule has 9 heteroatoms. The van der Waals surface area contributed by atoms with Crippen molar-refractivity contribution in [3.8, 4) is 0 Å². The van der Waals surface area contributed by atoms with Crippen LogP contribution in [-0.4, -0.2) is 33.4 Å². The number of carbonyl (C=O) groups is 1. The Labute approximate surface area is 208 Å². The molecule has 5 nitrogen and oxygen atoms in total. The predicted molar refractivity (Wildman–Crippen MR) is 133 cm³/mol. The maximum absolute atomic E-state index is 12.6. The number of fused-ring (bicyclic) bond motifs is 1. The van der Waals surface area contributed by atoms with Crippen LogP contribution in [-0.2, 0) is 24.3 Å². The molecular weight excluding hydrogens is 523 g/mol. The largest absolute Gasteiger partial charge is 0.363 e. The number of anilines is 1. The quantitative estimate of drug-likeness (QED) is 0.460. The van der Waals surface area contributed by atoms with E-state index in [0.29, 0.717) is 26.1 Å². The highest BCUT2D eigenvalue weighted by molar-refractivity contribution is 9.10. The molecule has 31 heavy (non-hydrogen) atoms. The third-order valence-electron chi connectivity index (χ3n) is 5.33. The van der Waals surface area contributed by atoms with Gasteiger partial charge in [0, 0.05) is 41.4 Å². The van der Waals surface area contributed by atoms with Gasteiger partial charge in [0.2, 0.25) is 5.91 Å². The molecule has 0 fully saturated rings. The summed E-state index contributed by atoms with van der Waals surface area (Å²) in [5.41, 5.74) is 4.34. The van der Waals surface area contributed by atoms with Gasteiger partial charge in [0.25, 0.3) is 0 Å². The molecular formula is C22H24BrCl3N4O. The lowest BCUT2D eigenvalue weighted by Gasteiger charge is -2.32. The number of amides is 1. The Bertz CT molecular complexity index is 1020. The smallest absolute Gasteiger partial charge is 0.220 e. The van der Waals surface area contributed by atoms with Crippen LogP contribution >= 0.6 is 52.3 Å². The fourth-order valence-corrected chi connectivity index (χ4v) is 4.56. The third kappa shape index (κ3) is 5.95. The van der Waals surface area contributed by atoms with Gasteiger partial charge in [-0.1, -0.05) is 45.7 Å². The van der Waals surface area contributed by atoms with Gasteiger partial charge in [-0.25, -0.2) is 4.98 Å². The standard InChI is InChI=1S/C22H22BrClN4O.2ClH/c1-15(29)28-11-17-8-18(23)6-7-22(17)27(12-19-10-25-14-26-19)13-20(28)9-16-4-2-3-5-21(16)24;;/h2-8,10,14,20H,9,11-13H2,1H3,(H,25,26);2*1H. The number of nitrogens with one attached hydrogen (secondary N) is 1. The van der Waals surface area contributed by atoms with Gasteiger partial charge in [0.1, 0.15) is 0 Å². The van der Waals surface area contributed by atoms with E-state index < -0.39 is 0 Å². The Morgan fingerprint density at radius 2 is 2.03 bits per heavy atom. The Hall–Kier alpha value is -1.73. The first kappa shape index (κ1) is 25.5. The number of rotatable bonds is 4. The van der Waals surface area contributed by atoms with Crippen LogP contribution in [0.5, 0.6) is 0 Å². The van der Waals surface area contributed by atoms with E-state index >= 15 is 0 Å². The lowest BCUT2D eigenvalue weighted by Crippen LogP contribution is -2.45. The number of H-pyrrole nitrogens is 1. The zero-order chi connectivity index (χ0) is 20.4. The van der Waals surface area contributed by atoms with E-state index in [4.69, 9.17) is 11.6 Å². The van der Waals surface area contributed by atoms with Gasteiger partial charge in [-0.3, -0.25) is 4.79 Å². The molecule has 0 aliphatic carbocycles. The Kier molecular flexibility index (Phi) is 9.25. The van der Waals surface area contributed by atoms with E-state index in [9.17, 15) is 4.79 Å². The van der Waals surface area contributed by atoms with Crippen LogP contribution < -0.4 is 4.90 Å². The van der Waals surface area contributed by atoms with Crippen molar-refractivity contribution in [3.63, 3.8) is 0 Å². The van der Waals surface area contributed by atoms with Crippen molar-refractivity contribution < 1.29 is 4.79 Å². The summed E-state index contributed by atoms with van der Waals surface area (Å²) in [5.74, 6) is 0.0661. The fourth-order valence-electron chi connectivity index (χ4n) is 3.94. The summed E-state index contributed by atoms with van der Waals surface area (Å²) in [6.07, 6.45) is 4.24. The summed E-state index contributed by atoms with van der Waals surface area (Å²) in [6.45, 7) is 3.61. The zero-order valence-electron chi connectivity index (χ0n) is 16.9. The van der Waals surface area contributed by atoms with Gasteiger partial charge < -0.3 is 14.8 Å². The van der Waals surface area contributed by atoms with E-state index in [0.717, 1.165) is 32.0 Å². The summed E-state index contributed by atoms with van der Waals surface area (Å²) in [7, 11) is 0. The van der Waals surface area contributed by atoms with Crippen LogP contribution in [0.3, 0.4) is 0 Å². The van der Waals surface area contributed by atoms with Crippen LogP contribution in [0.1, 0.15) is 23.7 Å². The van der Waals surface area contributed by atoms with E-state index in [1.54, 1.807) is 13.3 Å². The van der Waals surface area contributed by atoms with E-state index in [1.165, 1.54) is 0 Å². The van der Waals surface area contributed by atoms with Crippen molar-refractivity contribution in [2.45, 2.75) is 32.5 Å². The number of aromatic nitrogens is 2. The van der Waals surface area contributed by atoms with Crippen LogP contribution in [0, 0.1) is 0 Å². The number of halogens is 4. The predicted octanol–water partition coefficient (Wildman–Crippen LogP) is 5.65. The Balaban J connectivity index is 0.00000171. The van der Waals surface area contributed by atoms with Gasteiger partial charge in [0.05, 0.1) is 24.6 Å². The molecule has 0 radical (unpaired) electrons. The number of carbonyl (C=O) groups excluding carboxylic acids is 1. The van der Waals surface area contributed by atoms with Crippen molar-refractivity contribution >= 4 is 63.9 Å². The molecule has 1 aromatic heterocycles. The van der Waals surface area contributed by atoms with Gasteiger partial charge in [-0.2, -0.15) is 0 Å². The summed E-state index contributed by atoms with van der Waals surface area (Å²) >= 11 is 10.0. The first-order valence-electron chi connectivity index (χ1n) is 9.52. The molecule has 2 heterocycles. The second-order valence-electron chi connectivity index (χ2n) is 7.33. The lowest BCUT2D eigenvalue weighted by atomic mass is 10.0. The number of hydrogen-bond donors (Lipinski definition) is 1. The topological polar surface area (TPSA) is 52.2 Å². The van der Waals surface area contributed by atoms with E-state index in [2.05, 4.69) is 42.9 Å². The number of aromatic amines is 1. The van der Waals surface area contributed by atoms with Gasteiger partial charge in [-0.15, -0.1) is 24.8 Å². The third-order valence-corrected chi connectivity index (χ3v) is 6.19. The molecule has 1 amide bonds. The molecule has 1 aliphatic rings. The van der Waals surface area contributed by atoms with Crippen LogP contribution in [0.2, 0.25) is 5.02 Å². The molecule has 3 aromatic rings. The average molecular weight is 547 g/mol. The number of imidazole rings is 1. The van der Waals surface area contributed by atoms with Gasteiger partial charge in [0.15, 0.2) is 0 Å². The molecule has 0 bridgehead atoms. The average Bonchev–Trinajstić information content (AvgIpc) is 3.14. The van der Waals surface area contributed by atoms with Gasteiger partial charge in [-0.05, 0) is 41.8 Å². The second-order valence-corrected chi connectivity index (χ2v) is 8.65. The second kappa shape index (κ2) is 11.2. The van der Waals surface area contributed by atoms with Crippen LogP contribution in [0.4, 0.5) is 5.69 Å². The van der Waals surface area contributed by atoms with Crippen molar-refractivity contribution in [1.29, 1.82) is 0 Å². The highest BCUT2D eigenvalue weighted by atomic mass is 79.9. The fraction of sp³-hybridized carbons (Fsp3) is 0.273. The van der Waals surface area contributed by atoms with Crippen molar-refractivity contribution in [2.24, 2.45) is 0 Å². The van der Waals surface area contributed by atoms with Gasteiger partial charge >= 0.3 is 0 Å². The summed E-state index contributed by atoms with van der Waals surface area (Å²) in [4.78, 5) is 24.2. The maximum Gasteiger partial charge on any atom is 0.220 e. The molecule has 2 aromatic carbocycles. The van der Waals surface area contributed by atoms with Crippen molar-refractivity contribution in [1.82, 2.24) is 14.9 Å². The minimum atomic E-state index is 0. The first-order valence-corrected chi connectivity index (χ1v) is 10.7. The minimum absolute atomic E-state index is 0. The summed E-state index contributed by atoms with van der Waals surface area (Å²) < 4.78 is 1.01. The highest BCUT2D eigenvalue weighted by Crippen LogP contribution is 2.32. The molecule has 166 valence electrons. The normalized spacial score (nSPS) is 15.4. The molecule has 1 unspecified atom stereocenters. The molecule has 0 saturated heterocycles. The SMILES string of the molecule is CC(=O)N1Cc2cc(Br)ccc2N(Cc2cnc[nH]2)CC1Cc1ccccc1Cl.Cl.Cl. The molecule has 0 spiro atoms. The lowest BCUT2D eigenvalue weighted by molar-refractivity contribution is -0.131. The van der Waals surface area contributed by atoms with Crippen LogP contribution in [0.25, 0.3) is 0 Å².